The Bertz CT molecular complexity index is 649. The second kappa shape index (κ2) is 7.60. The fourth-order valence-corrected chi connectivity index (χ4v) is 3.88. The van der Waals surface area contributed by atoms with E-state index in [0.717, 1.165) is 13.0 Å². The smallest absolute Gasteiger partial charge is 0.119 e. The van der Waals surface area contributed by atoms with Crippen molar-refractivity contribution >= 4 is 11.3 Å². The first-order valence-electron chi connectivity index (χ1n) is 7.85. The third kappa shape index (κ3) is 4.11. The lowest BCUT2D eigenvalue weighted by Gasteiger charge is -2.26. The van der Waals surface area contributed by atoms with E-state index in [1.165, 1.54) is 11.3 Å². The lowest BCUT2D eigenvalue weighted by Crippen LogP contribution is -2.35. The van der Waals surface area contributed by atoms with E-state index in [4.69, 9.17) is 10.00 Å². The van der Waals surface area contributed by atoms with Crippen LogP contribution in [-0.4, -0.2) is 35.8 Å². The van der Waals surface area contributed by atoms with E-state index in [2.05, 4.69) is 28.5 Å². The molecule has 2 heterocycles. The van der Waals surface area contributed by atoms with E-state index in [1.54, 1.807) is 35.6 Å². The van der Waals surface area contributed by atoms with Crippen molar-refractivity contribution < 1.29 is 9.84 Å². The lowest BCUT2D eigenvalue weighted by atomic mass is 10.2. The van der Waals surface area contributed by atoms with Gasteiger partial charge >= 0.3 is 0 Å². The van der Waals surface area contributed by atoms with Gasteiger partial charge in [0, 0.05) is 17.5 Å². The fourth-order valence-electron chi connectivity index (χ4n) is 2.99. The maximum Gasteiger partial charge on any atom is 0.119 e. The summed E-state index contributed by atoms with van der Waals surface area (Å²) in [5.41, 5.74) is 0.605. The van der Waals surface area contributed by atoms with E-state index in [1.807, 2.05) is 0 Å². The summed E-state index contributed by atoms with van der Waals surface area (Å²) in [4.78, 5) is 3.72. The van der Waals surface area contributed by atoms with Crippen molar-refractivity contribution in [3.63, 3.8) is 0 Å². The second-order valence-electron chi connectivity index (χ2n) is 5.77. The average molecular weight is 328 g/mol. The molecule has 4 nitrogen and oxygen atoms in total. The Morgan fingerprint density at radius 1 is 1.35 bits per heavy atom. The summed E-state index contributed by atoms with van der Waals surface area (Å²) in [6, 6.07) is 13.7. The summed E-state index contributed by atoms with van der Waals surface area (Å²) in [7, 11) is 0. The highest BCUT2D eigenvalue weighted by molar-refractivity contribution is 7.10. The molecule has 1 aliphatic heterocycles. The summed E-state index contributed by atoms with van der Waals surface area (Å²) in [6.45, 7) is 1.91. The number of nitrogens with zero attached hydrogens (tertiary/aromatic N) is 2. The van der Waals surface area contributed by atoms with Gasteiger partial charge in [0.05, 0.1) is 11.6 Å². The summed E-state index contributed by atoms with van der Waals surface area (Å²) < 4.78 is 5.62. The topological polar surface area (TPSA) is 56.5 Å². The van der Waals surface area contributed by atoms with Crippen LogP contribution >= 0.6 is 11.3 Å². The van der Waals surface area contributed by atoms with Crippen molar-refractivity contribution in [2.24, 2.45) is 0 Å². The maximum absolute atomic E-state index is 10.3. The van der Waals surface area contributed by atoms with Crippen LogP contribution in [-0.2, 0) is 0 Å². The zero-order valence-electron chi connectivity index (χ0n) is 12.9. The first kappa shape index (κ1) is 16.0. The Balaban J connectivity index is 1.50. The highest BCUT2D eigenvalue weighted by atomic mass is 32.1. The maximum atomic E-state index is 10.3. The molecule has 3 rings (SSSR count). The SMILES string of the molecule is N#Cc1ccc(OC[C@@H](O)CN2CCC[C@@H]2c2cccs2)cc1. The van der Waals surface area contributed by atoms with Gasteiger partial charge in [0.15, 0.2) is 0 Å². The number of ether oxygens (including phenoxy) is 1. The van der Waals surface area contributed by atoms with E-state index in [9.17, 15) is 5.11 Å². The molecule has 5 heteroatoms. The Labute approximate surface area is 140 Å². The third-order valence-corrected chi connectivity index (χ3v) is 5.08. The molecule has 1 saturated heterocycles. The van der Waals surface area contributed by atoms with Crippen LogP contribution < -0.4 is 4.74 Å². The molecule has 1 fully saturated rings. The molecule has 0 unspecified atom stereocenters. The minimum Gasteiger partial charge on any atom is -0.491 e. The molecule has 0 saturated carbocycles. The quantitative estimate of drug-likeness (QED) is 0.885. The summed E-state index contributed by atoms with van der Waals surface area (Å²) in [5, 5.41) is 21.2. The number of rotatable bonds is 6. The van der Waals surface area contributed by atoms with Crippen molar-refractivity contribution in [3.8, 4) is 11.8 Å². The predicted octanol–water partition coefficient (Wildman–Crippen LogP) is 3.20. The molecular formula is C18H20N2O2S. The number of thiophene rings is 1. The molecule has 120 valence electrons. The van der Waals surface area contributed by atoms with Gasteiger partial charge in [0.2, 0.25) is 0 Å². The summed E-state index contributed by atoms with van der Waals surface area (Å²) in [6.07, 6.45) is 1.81. The van der Waals surface area contributed by atoms with Crippen LogP contribution in [0.25, 0.3) is 0 Å². The van der Waals surface area contributed by atoms with Crippen molar-refractivity contribution in [3.05, 3.63) is 52.2 Å². The number of aliphatic hydroxyl groups excluding tert-OH is 1. The van der Waals surface area contributed by atoms with Crippen molar-refractivity contribution in [2.45, 2.75) is 25.0 Å². The molecule has 0 radical (unpaired) electrons. The minimum atomic E-state index is -0.522. The molecule has 0 aliphatic carbocycles. The minimum absolute atomic E-state index is 0.263. The molecule has 23 heavy (non-hydrogen) atoms. The van der Waals surface area contributed by atoms with Gasteiger partial charge in [-0.2, -0.15) is 5.26 Å². The van der Waals surface area contributed by atoms with Gasteiger partial charge in [-0.15, -0.1) is 11.3 Å². The second-order valence-corrected chi connectivity index (χ2v) is 6.75. The fraction of sp³-hybridized carbons (Fsp3) is 0.389. The summed E-state index contributed by atoms with van der Waals surface area (Å²) in [5.74, 6) is 0.680. The van der Waals surface area contributed by atoms with Crippen LogP contribution in [0.5, 0.6) is 5.75 Å². The zero-order chi connectivity index (χ0) is 16.1. The number of likely N-dealkylation sites (tertiary alicyclic amines) is 1. The first-order valence-corrected chi connectivity index (χ1v) is 8.72. The third-order valence-electron chi connectivity index (χ3n) is 4.11. The standard InChI is InChI=1S/C18H20N2O2S/c19-11-14-5-7-16(8-6-14)22-13-15(21)12-20-9-1-3-17(20)18-4-2-10-23-18/h2,4-8,10,15,17,21H,1,3,9,12-13H2/t15-,17+/m0/s1. The molecule has 0 bridgehead atoms. The Morgan fingerprint density at radius 3 is 2.87 bits per heavy atom. The normalized spacial score (nSPS) is 19.4. The molecule has 0 spiro atoms. The number of nitriles is 1. The van der Waals surface area contributed by atoms with Crippen LogP contribution in [0.4, 0.5) is 0 Å². The Morgan fingerprint density at radius 2 is 2.17 bits per heavy atom. The van der Waals surface area contributed by atoms with E-state index >= 15 is 0 Å². The predicted molar refractivity (Wildman–Crippen MR) is 90.5 cm³/mol. The van der Waals surface area contributed by atoms with Gasteiger partial charge in [-0.25, -0.2) is 0 Å². The van der Waals surface area contributed by atoms with Gasteiger partial charge in [-0.05, 0) is 55.1 Å². The molecule has 0 amide bonds. The van der Waals surface area contributed by atoms with Gasteiger partial charge in [0.25, 0.3) is 0 Å². The number of hydrogen-bond donors (Lipinski definition) is 1. The number of benzene rings is 1. The van der Waals surface area contributed by atoms with Gasteiger partial charge in [-0.1, -0.05) is 6.07 Å². The van der Waals surface area contributed by atoms with Gasteiger partial charge in [-0.3, -0.25) is 4.90 Å². The van der Waals surface area contributed by atoms with Crippen LogP contribution in [0.1, 0.15) is 29.3 Å². The van der Waals surface area contributed by atoms with Crippen molar-refractivity contribution in [1.29, 1.82) is 5.26 Å². The number of β-amino-alcohol motifs (C(OH)–C–C–N with tert-alkyl or cyclic N) is 1. The highest BCUT2D eigenvalue weighted by Crippen LogP contribution is 2.34. The van der Waals surface area contributed by atoms with Crippen LogP contribution in [0, 0.1) is 11.3 Å². The van der Waals surface area contributed by atoms with Crippen LogP contribution in [0.2, 0.25) is 0 Å². The molecule has 2 atom stereocenters. The van der Waals surface area contributed by atoms with E-state index in [0.29, 0.717) is 23.9 Å². The molecule has 1 aromatic carbocycles. The van der Waals surface area contributed by atoms with E-state index in [-0.39, 0.29) is 6.61 Å². The Kier molecular flexibility index (Phi) is 5.29. The Hall–Kier alpha value is -1.87. The molecule has 1 aliphatic rings. The largest absolute Gasteiger partial charge is 0.491 e. The number of aliphatic hydroxyl groups is 1. The molecule has 1 aromatic heterocycles. The zero-order valence-corrected chi connectivity index (χ0v) is 13.7. The van der Waals surface area contributed by atoms with Crippen LogP contribution in [0.15, 0.2) is 41.8 Å². The summed E-state index contributed by atoms with van der Waals surface area (Å²) >= 11 is 1.78. The molecule has 1 N–H and O–H groups in total. The first-order chi connectivity index (χ1) is 11.3. The monoisotopic (exact) mass is 328 g/mol. The van der Waals surface area contributed by atoms with Crippen molar-refractivity contribution in [2.75, 3.05) is 19.7 Å². The average Bonchev–Trinajstić information content (AvgIpc) is 3.24. The lowest BCUT2D eigenvalue weighted by molar-refractivity contribution is 0.0643. The number of hydrogen-bond acceptors (Lipinski definition) is 5. The van der Waals surface area contributed by atoms with Gasteiger partial charge < -0.3 is 9.84 Å². The van der Waals surface area contributed by atoms with E-state index < -0.39 is 6.10 Å². The van der Waals surface area contributed by atoms with Gasteiger partial charge in [0.1, 0.15) is 18.5 Å². The molecule has 2 aromatic rings. The van der Waals surface area contributed by atoms with Crippen molar-refractivity contribution in [1.82, 2.24) is 4.90 Å². The van der Waals surface area contributed by atoms with Crippen LogP contribution in [0.3, 0.4) is 0 Å². The molecular weight excluding hydrogens is 308 g/mol. The highest BCUT2D eigenvalue weighted by Gasteiger charge is 2.28.